The Labute approximate surface area is 193 Å². The Hall–Kier alpha value is -3.17. The molecule has 0 bridgehead atoms. The number of aromatic nitrogens is 2. The van der Waals surface area contributed by atoms with Crippen LogP contribution in [0.4, 0.5) is 16.0 Å². The molecule has 5 nitrogen and oxygen atoms in total. The van der Waals surface area contributed by atoms with Crippen LogP contribution in [0.1, 0.15) is 50.7 Å². The second-order valence-corrected chi connectivity index (χ2v) is 8.22. The van der Waals surface area contributed by atoms with E-state index in [2.05, 4.69) is 40.5 Å². The number of nitrogens with one attached hydrogen (secondary N) is 2. The molecule has 1 atom stereocenters. The third-order valence-corrected chi connectivity index (χ3v) is 5.38. The van der Waals surface area contributed by atoms with Crippen molar-refractivity contribution in [1.29, 1.82) is 5.26 Å². The zero-order valence-electron chi connectivity index (χ0n) is 18.3. The van der Waals surface area contributed by atoms with Crippen molar-refractivity contribution in [3.63, 3.8) is 0 Å². The number of pyridine rings is 2. The molecule has 1 aromatic carbocycles. The molecule has 166 valence electrons. The van der Waals surface area contributed by atoms with Gasteiger partial charge in [-0.1, -0.05) is 49.9 Å². The lowest BCUT2D eigenvalue weighted by molar-refractivity contribution is 0.614. The molecule has 0 aliphatic heterocycles. The number of anilines is 2. The number of rotatable bonds is 10. The predicted octanol–water partition coefficient (Wildman–Crippen LogP) is 6.80. The van der Waals surface area contributed by atoms with E-state index in [9.17, 15) is 9.65 Å². The van der Waals surface area contributed by atoms with Crippen LogP contribution in [0.25, 0.3) is 11.3 Å². The number of nitriles is 1. The maximum Gasteiger partial charge on any atom is 0.128 e. The third-order valence-electron chi connectivity index (χ3n) is 5.08. The van der Waals surface area contributed by atoms with Gasteiger partial charge in [-0.25, -0.2) is 14.4 Å². The smallest absolute Gasteiger partial charge is 0.128 e. The highest BCUT2D eigenvalue weighted by Gasteiger charge is 2.12. The van der Waals surface area contributed by atoms with E-state index in [0.717, 1.165) is 18.4 Å². The number of unbranched alkanes of at least 4 members (excludes halogenated alkanes) is 2. The predicted molar refractivity (Wildman–Crippen MR) is 128 cm³/mol. The van der Waals surface area contributed by atoms with Crippen molar-refractivity contribution in [2.75, 3.05) is 10.6 Å². The van der Waals surface area contributed by atoms with E-state index in [1.165, 1.54) is 25.0 Å². The van der Waals surface area contributed by atoms with Crippen molar-refractivity contribution in [3.8, 4) is 17.3 Å². The summed E-state index contributed by atoms with van der Waals surface area (Å²) in [5.41, 5.74) is 2.49. The van der Waals surface area contributed by atoms with Crippen LogP contribution in [-0.2, 0) is 6.54 Å². The van der Waals surface area contributed by atoms with E-state index in [-0.39, 0.29) is 11.9 Å². The Morgan fingerprint density at radius 3 is 2.75 bits per heavy atom. The number of nitrogens with zero attached hydrogens (tertiary/aromatic N) is 3. The molecule has 2 aromatic heterocycles. The minimum Gasteiger partial charge on any atom is -0.368 e. The molecule has 0 radical (unpaired) electrons. The fourth-order valence-electron chi connectivity index (χ4n) is 3.40. The molecule has 0 fully saturated rings. The van der Waals surface area contributed by atoms with Gasteiger partial charge in [0.15, 0.2) is 0 Å². The molecule has 3 rings (SSSR count). The Balaban J connectivity index is 1.81. The highest BCUT2D eigenvalue weighted by molar-refractivity contribution is 6.33. The van der Waals surface area contributed by atoms with Crippen molar-refractivity contribution in [1.82, 2.24) is 9.97 Å². The summed E-state index contributed by atoms with van der Waals surface area (Å²) in [7, 11) is 0. The van der Waals surface area contributed by atoms with Crippen molar-refractivity contribution < 1.29 is 4.39 Å². The first kappa shape index (κ1) is 23.5. The first-order chi connectivity index (χ1) is 15.5. The van der Waals surface area contributed by atoms with Gasteiger partial charge < -0.3 is 10.6 Å². The van der Waals surface area contributed by atoms with Gasteiger partial charge in [0.1, 0.15) is 17.5 Å². The van der Waals surface area contributed by atoms with E-state index >= 15 is 0 Å². The van der Waals surface area contributed by atoms with Crippen LogP contribution >= 0.6 is 11.6 Å². The third kappa shape index (κ3) is 6.66. The van der Waals surface area contributed by atoms with E-state index in [4.69, 9.17) is 11.6 Å². The lowest BCUT2D eigenvalue weighted by Crippen LogP contribution is -2.15. The van der Waals surface area contributed by atoms with Crippen LogP contribution in [0.15, 0.2) is 48.7 Å². The maximum atomic E-state index is 13.4. The summed E-state index contributed by atoms with van der Waals surface area (Å²) < 4.78 is 13.4. The first-order valence-corrected chi connectivity index (χ1v) is 11.2. The molecule has 7 heteroatoms. The SMILES string of the molecule is CCCCCC(C)Nc1cc(-c2cc(C#N)cc(NCc3cccc(F)c3)n2)c(Cl)cn1. The molecule has 2 heterocycles. The Morgan fingerprint density at radius 2 is 2.00 bits per heavy atom. The van der Waals surface area contributed by atoms with Gasteiger partial charge in [0.05, 0.1) is 22.3 Å². The topological polar surface area (TPSA) is 73.6 Å². The summed E-state index contributed by atoms with van der Waals surface area (Å²) in [5, 5.41) is 16.5. The van der Waals surface area contributed by atoms with Gasteiger partial charge in [-0.15, -0.1) is 0 Å². The van der Waals surface area contributed by atoms with E-state index in [0.29, 0.717) is 40.0 Å². The van der Waals surface area contributed by atoms with Crippen molar-refractivity contribution in [2.45, 2.75) is 52.1 Å². The summed E-state index contributed by atoms with van der Waals surface area (Å²) >= 11 is 6.43. The van der Waals surface area contributed by atoms with E-state index < -0.39 is 0 Å². The number of hydrogen-bond donors (Lipinski definition) is 2. The summed E-state index contributed by atoms with van der Waals surface area (Å²) in [6.07, 6.45) is 6.22. The number of hydrogen-bond acceptors (Lipinski definition) is 5. The molecule has 1 unspecified atom stereocenters. The second-order valence-electron chi connectivity index (χ2n) is 7.81. The van der Waals surface area contributed by atoms with Gasteiger partial charge in [-0.05, 0) is 49.2 Å². The number of halogens is 2. The Morgan fingerprint density at radius 1 is 1.16 bits per heavy atom. The molecular formula is C25H27ClFN5. The van der Waals surface area contributed by atoms with Crippen molar-refractivity contribution >= 4 is 23.2 Å². The lowest BCUT2D eigenvalue weighted by atomic mass is 10.1. The zero-order chi connectivity index (χ0) is 22.9. The largest absolute Gasteiger partial charge is 0.368 e. The van der Waals surface area contributed by atoms with Gasteiger partial charge >= 0.3 is 0 Å². The van der Waals surface area contributed by atoms with Crippen LogP contribution in [-0.4, -0.2) is 16.0 Å². The molecule has 3 aromatic rings. The maximum absolute atomic E-state index is 13.4. The van der Waals surface area contributed by atoms with Crippen LogP contribution in [0, 0.1) is 17.1 Å². The first-order valence-electron chi connectivity index (χ1n) is 10.8. The highest BCUT2D eigenvalue weighted by atomic mass is 35.5. The Bertz CT molecular complexity index is 1100. The second kappa shape index (κ2) is 11.4. The van der Waals surface area contributed by atoms with Crippen molar-refractivity contribution in [2.24, 2.45) is 0 Å². The molecule has 2 N–H and O–H groups in total. The standard InChI is InChI=1S/C25H27ClFN5/c1-3-4-5-7-17(2)31-25-13-21(22(26)16-30-25)23-11-19(14-28)12-24(32-23)29-15-18-8-6-9-20(27)10-18/h6,8-13,16-17H,3-5,7,15H2,1-2H3,(H,29,32)(H,30,31). The fraction of sp³-hybridized carbons (Fsp3) is 0.320. The van der Waals surface area contributed by atoms with Gasteiger partial charge in [-0.2, -0.15) is 5.26 Å². The van der Waals surface area contributed by atoms with E-state index in [1.54, 1.807) is 24.4 Å². The van der Waals surface area contributed by atoms with E-state index in [1.807, 2.05) is 12.1 Å². The van der Waals surface area contributed by atoms with Gasteiger partial charge in [0.25, 0.3) is 0 Å². The van der Waals surface area contributed by atoms with Crippen LogP contribution in [0.5, 0.6) is 0 Å². The van der Waals surface area contributed by atoms with Crippen molar-refractivity contribution in [3.05, 3.63) is 70.6 Å². The minimum atomic E-state index is -0.295. The molecule has 0 aliphatic rings. The molecule has 0 aliphatic carbocycles. The Kier molecular flexibility index (Phi) is 8.41. The minimum absolute atomic E-state index is 0.282. The molecule has 0 amide bonds. The summed E-state index contributed by atoms with van der Waals surface area (Å²) in [6, 6.07) is 14.0. The summed E-state index contributed by atoms with van der Waals surface area (Å²) in [6.45, 7) is 4.70. The summed E-state index contributed by atoms with van der Waals surface area (Å²) in [4.78, 5) is 9.03. The van der Waals surface area contributed by atoms with Gasteiger partial charge in [0.2, 0.25) is 0 Å². The average molecular weight is 452 g/mol. The van der Waals surface area contributed by atoms with Crippen LogP contribution < -0.4 is 10.6 Å². The zero-order valence-corrected chi connectivity index (χ0v) is 19.1. The molecule has 0 saturated carbocycles. The quantitative estimate of drug-likeness (QED) is 0.331. The highest BCUT2D eigenvalue weighted by Crippen LogP contribution is 2.30. The monoisotopic (exact) mass is 451 g/mol. The average Bonchev–Trinajstić information content (AvgIpc) is 2.79. The summed E-state index contributed by atoms with van der Waals surface area (Å²) in [5.74, 6) is 0.932. The van der Waals surface area contributed by atoms with Crippen LogP contribution in [0.2, 0.25) is 5.02 Å². The molecular weight excluding hydrogens is 425 g/mol. The fourth-order valence-corrected chi connectivity index (χ4v) is 3.60. The molecule has 0 saturated heterocycles. The van der Waals surface area contributed by atoms with Gasteiger partial charge in [0, 0.05) is 24.3 Å². The lowest BCUT2D eigenvalue weighted by Gasteiger charge is -2.16. The number of benzene rings is 1. The van der Waals surface area contributed by atoms with Gasteiger partial charge in [-0.3, -0.25) is 0 Å². The van der Waals surface area contributed by atoms with Crippen LogP contribution in [0.3, 0.4) is 0 Å². The molecule has 32 heavy (non-hydrogen) atoms. The normalized spacial score (nSPS) is 11.6. The molecule has 0 spiro atoms.